The van der Waals surface area contributed by atoms with Gasteiger partial charge in [-0.05, 0) is 41.1 Å². The molecule has 0 spiro atoms. The van der Waals surface area contributed by atoms with Gasteiger partial charge in [-0.15, -0.1) is 0 Å². The van der Waals surface area contributed by atoms with Crippen LogP contribution in [0.15, 0.2) is 27.6 Å². The number of rotatable bonds is 6. The Morgan fingerprint density at radius 2 is 2.05 bits per heavy atom. The number of carbonyl (C=O) groups is 1. The van der Waals surface area contributed by atoms with Gasteiger partial charge in [-0.2, -0.15) is 0 Å². The van der Waals surface area contributed by atoms with Crippen LogP contribution in [-0.2, 0) is 19.5 Å². The molecule has 0 aliphatic carbocycles. The second-order valence-electron chi connectivity index (χ2n) is 3.52. The number of nitrogens with two attached hydrogens (primary N) is 1. The fraction of sp³-hybridized carbons (Fsp3) is 0.364. The standard InChI is InChI=1S/C11H14BrNO5S/c1-2-17-5-6-18-11(14)9-7-8(19(13,15)16)3-4-10(9)12/h3-4,7H,2,5-6H2,1H3,(H2,13,15,16). The average molecular weight is 352 g/mol. The van der Waals surface area contributed by atoms with E-state index >= 15 is 0 Å². The topological polar surface area (TPSA) is 95.7 Å². The maximum absolute atomic E-state index is 11.8. The Balaban J connectivity index is 2.84. The first kappa shape index (κ1) is 16.1. The summed E-state index contributed by atoms with van der Waals surface area (Å²) in [4.78, 5) is 11.6. The predicted octanol–water partition coefficient (Wildman–Crippen LogP) is 1.29. The van der Waals surface area contributed by atoms with E-state index in [1.165, 1.54) is 18.2 Å². The Labute approximate surface area is 120 Å². The van der Waals surface area contributed by atoms with Crippen LogP contribution in [0.2, 0.25) is 0 Å². The smallest absolute Gasteiger partial charge is 0.339 e. The van der Waals surface area contributed by atoms with E-state index in [0.717, 1.165) is 0 Å². The minimum absolute atomic E-state index is 0.0959. The van der Waals surface area contributed by atoms with Gasteiger partial charge in [0.05, 0.1) is 17.1 Å². The minimum atomic E-state index is -3.86. The summed E-state index contributed by atoms with van der Waals surface area (Å²) < 4.78 is 32.8. The normalized spacial score (nSPS) is 11.3. The Bertz CT molecular complexity index is 558. The summed E-state index contributed by atoms with van der Waals surface area (Å²) >= 11 is 3.15. The Morgan fingerprint density at radius 3 is 2.63 bits per heavy atom. The molecule has 0 saturated carbocycles. The van der Waals surface area contributed by atoms with Crippen LogP contribution >= 0.6 is 15.9 Å². The molecule has 2 N–H and O–H groups in total. The van der Waals surface area contributed by atoms with Crippen LogP contribution in [0.3, 0.4) is 0 Å². The van der Waals surface area contributed by atoms with Crippen molar-refractivity contribution in [2.45, 2.75) is 11.8 Å². The van der Waals surface area contributed by atoms with Crippen LogP contribution in [0.5, 0.6) is 0 Å². The predicted molar refractivity (Wildman–Crippen MR) is 72.3 cm³/mol. The van der Waals surface area contributed by atoms with Crippen LogP contribution in [-0.4, -0.2) is 34.2 Å². The molecule has 6 nitrogen and oxygen atoms in total. The van der Waals surface area contributed by atoms with Crippen molar-refractivity contribution in [1.82, 2.24) is 0 Å². The van der Waals surface area contributed by atoms with Gasteiger partial charge in [0.15, 0.2) is 0 Å². The number of benzene rings is 1. The van der Waals surface area contributed by atoms with Crippen molar-refractivity contribution in [1.29, 1.82) is 0 Å². The molecule has 0 unspecified atom stereocenters. The molecule has 0 radical (unpaired) electrons. The first-order valence-corrected chi connectivity index (χ1v) is 7.77. The number of carbonyl (C=O) groups excluding carboxylic acids is 1. The lowest BCUT2D eigenvalue weighted by Crippen LogP contribution is -2.15. The monoisotopic (exact) mass is 351 g/mol. The number of esters is 1. The minimum Gasteiger partial charge on any atom is -0.460 e. The Kier molecular flexibility index (Phi) is 5.92. The number of ether oxygens (including phenoxy) is 2. The molecule has 0 fully saturated rings. The Morgan fingerprint density at radius 1 is 1.37 bits per heavy atom. The van der Waals surface area contributed by atoms with Gasteiger partial charge in [-0.1, -0.05) is 0 Å². The zero-order valence-corrected chi connectivity index (χ0v) is 12.7. The third-order valence-corrected chi connectivity index (χ3v) is 3.75. The second kappa shape index (κ2) is 6.99. The molecule has 19 heavy (non-hydrogen) atoms. The third kappa shape index (κ3) is 4.90. The van der Waals surface area contributed by atoms with Crippen molar-refractivity contribution < 1.29 is 22.7 Å². The van der Waals surface area contributed by atoms with Gasteiger partial charge in [0.2, 0.25) is 10.0 Å². The highest BCUT2D eigenvalue weighted by atomic mass is 79.9. The first-order chi connectivity index (χ1) is 8.86. The molecule has 1 aromatic carbocycles. The maximum atomic E-state index is 11.8. The molecule has 0 aliphatic heterocycles. The van der Waals surface area contributed by atoms with E-state index < -0.39 is 16.0 Å². The quantitative estimate of drug-likeness (QED) is 0.615. The molecule has 0 amide bonds. The van der Waals surface area contributed by atoms with Gasteiger partial charge in [0.25, 0.3) is 0 Å². The van der Waals surface area contributed by atoms with Crippen LogP contribution in [0, 0.1) is 0 Å². The summed E-state index contributed by atoms with van der Waals surface area (Å²) in [7, 11) is -3.86. The fourth-order valence-corrected chi connectivity index (χ4v) is 2.20. The van der Waals surface area contributed by atoms with Crippen LogP contribution < -0.4 is 5.14 Å². The highest BCUT2D eigenvalue weighted by Gasteiger charge is 2.16. The first-order valence-electron chi connectivity index (χ1n) is 5.43. The molecule has 0 aliphatic rings. The fourth-order valence-electron chi connectivity index (χ4n) is 1.25. The molecule has 1 rings (SSSR count). The number of halogens is 1. The van der Waals surface area contributed by atoms with E-state index in [0.29, 0.717) is 11.1 Å². The average Bonchev–Trinajstić information content (AvgIpc) is 2.33. The van der Waals surface area contributed by atoms with Crippen LogP contribution in [0.1, 0.15) is 17.3 Å². The van der Waals surface area contributed by atoms with Crippen molar-refractivity contribution in [3.05, 3.63) is 28.2 Å². The molecule has 1 aromatic rings. The van der Waals surface area contributed by atoms with Gasteiger partial charge in [0, 0.05) is 11.1 Å². The van der Waals surface area contributed by atoms with Crippen LogP contribution in [0.4, 0.5) is 0 Å². The molecule has 0 bridgehead atoms. The van der Waals surface area contributed by atoms with Gasteiger partial charge in [-0.3, -0.25) is 0 Å². The number of primary sulfonamides is 1. The van der Waals surface area contributed by atoms with E-state index in [-0.39, 0.29) is 23.7 Å². The largest absolute Gasteiger partial charge is 0.460 e. The third-order valence-electron chi connectivity index (χ3n) is 2.15. The summed E-state index contributed by atoms with van der Waals surface area (Å²) in [6, 6.07) is 3.90. The van der Waals surface area contributed by atoms with Crippen molar-refractivity contribution in [2.24, 2.45) is 5.14 Å². The van der Waals surface area contributed by atoms with Gasteiger partial charge >= 0.3 is 5.97 Å². The number of sulfonamides is 1. The summed E-state index contributed by atoms with van der Waals surface area (Å²) in [5.41, 5.74) is 0.100. The lowest BCUT2D eigenvalue weighted by atomic mass is 10.2. The van der Waals surface area contributed by atoms with E-state index in [2.05, 4.69) is 15.9 Å². The molecule has 0 aromatic heterocycles. The molecule has 0 heterocycles. The van der Waals surface area contributed by atoms with E-state index in [1.807, 2.05) is 6.92 Å². The van der Waals surface area contributed by atoms with Gasteiger partial charge in [0.1, 0.15) is 6.61 Å². The molecule has 0 atom stereocenters. The SMILES string of the molecule is CCOCCOC(=O)c1cc(S(N)(=O)=O)ccc1Br. The summed E-state index contributed by atoms with van der Waals surface area (Å²) in [6.45, 7) is 2.74. The maximum Gasteiger partial charge on any atom is 0.339 e. The summed E-state index contributed by atoms with van der Waals surface area (Å²) in [6.07, 6.45) is 0. The van der Waals surface area contributed by atoms with E-state index in [4.69, 9.17) is 14.6 Å². The highest BCUT2D eigenvalue weighted by molar-refractivity contribution is 9.10. The van der Waals surface area contributed by atoms with E-state index in [1.54, 1.807) is 0 Å². The summed E-state index contributed by atoms with van der Waals surface area (Å²) in [5.74, 6) is -0.642. The molecular formula is C11H14BrNO5S. The van der Waals surface area contributed by atoms with Crippen molar-refractivity contribution >= 4 is 31.9 Å². The molecule has 0 saturated heterocycles. The molecule has 106 valence electrons. The van der Waals surface area contributed by atoms with Crippen molar-refractivity contribution in [2.75, 3.05) is 19.8 Å². The van der Waals surface area contributed by atoms with Crippen molar-refractivity contribution in [3.8, 4) is 0 Å². The second-order valence-corrected chi connectivity index (χ2v) is 5.94. The van der Waals surface area contributed by atoms with Crippen molar-refractivity contribution in [3.63, 3.8) is 0 Å². The van der Waals surface area contributed by atoms with E-state index in [9.17, 15) is 13.2 Å². The highest BCUT2D eigenvalue weighted by Crippen LogP contribution is 2.21. The zero-order valence-electron chi connectivity index (χ0n) is 10.3. The number of hydrogen-bond acceptors (Lipinski definition) is 5. The summed E-state index contributed by atoms with van der Waals surface area (Å²) in [5, 5.41) is 5.00. The number of hydrogen-bond donors (Lipinski definition) is 1. The van der Waals surface area contributed by atoms with Crippen LogP contribution in [0.25, 0.3) is 0 Å². The molecule has 8 heteroatoms. The van der Waals surface area contributed by atoms with Gasteiger partial charge in [-0.25, -0.2) is 18.4 Å². The zero-order chi connectivity index (χ0) is 14.5. The van der Waals surface area contributed by atoms with Gasteiger partial charge < -0.3 is 9.47 Å². The lowest BCUT2D eigenvalue weighted by Gasteiger charge is -2.07. The Hall–Kier alpha value is -0.960. The lowest BCUT2D eigenvalue weighted by molar-refractivity contribution is 0.0334. The molecular weight excluding hydrogens is 338 g/mol.